The van der Waals surface area contributed by atoms with Crippen molar-refractivity contribution in [2.45, 2.75) is 6.18 Å². The van der Waals surface area contributed by atoms with Gasteiger partial charge in [-0.3, -0.25) is 5.10 Å². The lowest BCUT2D eigenvalue weighted by Gasteiger charge is -2.28. The lowest BCUT2D eigenvalue weighted by Crippen LogP contribution is -2.43. The topological polar surface area (TPSA) is 44.0 Å². The number of aromatic nitrogens is 2. The second kappa shape index (κ2) is 6.07. The number of benzene rings is 2. The first-order valence-corrected chi connectivity index (χ1v) is 8.14. The minimum Gasteiger partial charge on any atom is -0.352 e. The summed E-state index contributed by atoms with van der Waals surface area (Å²) in [5.74, 6) is 0.796. The molecule has 4 nitrogen and oxygen atoms in total. The maximum Gasteiger partial charge on any atom is 0.416 e. The van der Waals surface area contributed by atoms with Crippen LogP contribution in [-0.4, -0.2) is 36.4 Å². The molecular formula is C18H17F3N4. The van der Waals surface area contributed by atoms with Crippen LogP contribution in [0.2, 0.25) is 0 Å². The summed E-state index contributed by atoms with van der Waals surface area (Å²) in [6.07, 6.45) is -4.36. The second-order valence-electron chi connectivity index (χ2n) is 6.09. The van der Waals surface area contributed by atoms with E-state index in [-0.39, 0.29) is 0 Å². The number of alkyl halides is 3. The molecule has 0 bridgehead atoms. The Hall–Kier alpha value is -2.54. The highest BCUT2D eigenvalue weighted by Crippen LogP contribution is 2.37. The summed E-state index contributed by atoms with van der Waals surface area (Å²) in [6, 6.07) is 11.0. The largest absolute Gasteiger partial charge is 0.416 e. The first kappa shape index (κ1) is 16.0. The zero-order valence-electron chi connectivity index (χ0n) is 13.4. The van der Waals surface area contributed by atoms with Gasteiger partial charge in [0.15, 0.2) is 5.82 Å². The molecule has 1 aliphatic rings. The van der Waals surface area contributed by atoms with Gasteiger partial charge in [-0.05, 0) is 29.3 Å². The molecule has 1 saturated heterocycles. The minimum atomic E-state index is -4.36. The highest BCUT2D eigenvalue weighted by Gasteiger charge is 2.30. The van der Waals surface area contributed by atoms with Gasteiger partial charge in [0, 0.05) is 26.2 Å². The van der Waals surface area contributed by atoms with Crippen LogP contribution < -0.4 is 10.2 Å². The lowest BCUT2D eigenvalue weighted by molar-refractivity contribution is -0.137. The summed E-state index contributed by atoms with van der Waals surface area (Å²) in [4.78, 5) is 2.16. The van der Waals surface area contributed by atoms with Crippen molar-refractivity contribution in [2.75, 3.05) is 31.1 Å². The van der Waals surface area contributed by atoms with Gasteiger partial charge in [0.2, 0.25) is 0 Å². The molecule has 130 valence electrons. The first-order valence-electron chi connectivity index (χ1n) is 8.14. The van der Waals surface area contributed by atoms with Gasteiger partial charge in [0.05, 0.1) is 16.5 Å². The molecule has 2 N–H and O–H groups in total. The predicted octanol–water partition coefficient (Wildman–Crippen LogP) is 3.66. The van der Waals surface area contributed by atoms with E-state index in [0.717, 1.165) is 54.5 Å². The van der Waals surface area contributed by atoms with Gasteiger partial charge in [0.1, 0.15) is 0 Å². The number of anilines is 1. The smallest absolute Gasteiger partial charge is 0.352 e. The third kappa shape index (κ3) is 2.95. The number of H-pyrrole nitrogens is 1. The Bertz CT molecular complexity index is 895. The number of aromatic amines is 1. The Morgan fingerprint density at radius 1 is 1.00 bits per heavy atom. The average molecular weight is 346 g/mol. The first-order chi connectivity index (χ1) is 12.0. The maximum absolute atomic E-state index is 13.1. The predicted molar refractivity (Wildman–Crippen MR) is 91.6 cm³/mol. The number of nitrogens with zero attached hydrogens (tertiary/aromatic N) is 2. The monoisotopic (exact) mass is 346 g/mol. The fourth-order valence-electron chi connectivity index (χ4n) is 3.26. The van der Waals surface area contributed by atoms with Crippen molar-refractivity contribution in [1.29, 1.82) is 0 Å². The molecule has 3 aromatic rings. The van der Waals surface area contributed by atoms with Crippen LogP contribution in [0.4, 0.5) is 19.0 Å². The SMILES string of the molecule is FC(F)(F)c1cccc(-c2cccc3[nH]nc(N4CCNCC4)c23)c1. The van der Waals surface area contributed by atoms with Crippen molar-refractivity contribution in [1.82, 2.24) is 15.5 Å². The van der Waals surface area contributed by atoms with Crippen molar-refractivity contribution in [3.05, 3.63) is 48.0 Å². The molecule has 25 heavy (non-hydrogen) atoms. The summed E-state index contributed by atoms with van der Waals surface area (Å²) >= 11 is 0. The van der Waals surface area contributed by atoms with E-state index in [1.165, 1.54) is 12.1 Å². The molecule has 1 aromatic heterocycles. The Morgan fingerprint density at radius 3 is 2.52 bits per heavy atom. The number of halogens is 3. The minimum absolute atomic E-state index is 0.540. The van der Waals surface area contributed by atoms with Crippen LogP contribution in [0.15, 0.2) is 42.5 Å². The van der Waals surface area contributed by atoms with Crippen LogP contribution in [0.3, 0.4) is 0 Å². The van der Waals surface area contributed by atoms with E-state index in [1.807, 2.05) is 18.2 Å². The van der Waals surface area contributed by atoms with Crippen molar-refractivity contribution >= 4 is 16.7 Å². The number of hydrogen-bond donors (Lipinski definition) is 2. The number of piperazine rings is 1. The zero-order valence-corrected chi connectivity index (χ0v) is 13.4. The number of fused-ring (bicyclic) bond motifs is 1. The summed E-state index contributed by atoms with van der Waals surface area (Å²) in [6.45, 7) is 3.36. The second-order valence-corrected chi connectivity index (χ2v) is 6.09. The summed E-state index contributed by atoms with van der Waals surface area (Å²) in [5.41, 5.74) is 1.47. The van der Waals surface area contributed by atoms with E-state index in [1.54, 1.807) is 6.07 Å². The van der Waals surface area contributed by atoms with Crippen LogP contribution in [0.25, 0.3) is 22.0 Å². The van der Waals surface area contributed by atoms with Crippen LogP contribution in [0.1, 0.15) is 5.56 Å². The van der Waals surface area contributed by atoms with Crippen LogP contribution in [0.5, 0.6) is 0 Å². The van der Waals surface area contributed by atoms with E-state index in [9.17, 15) is 13.2 Å². The molecule has 0 spiro atoms. The summed E-state index contributed by atoms with van der Waals surface area (Å²) < 4.78 is 39.2. The molecule has 2 heterocycles. The fourth-order valence-corrected chi connectivity index (χ4v) is 3.26. The van der Waals surface area contributed by atoms with Crippen LogP contribution in [-0.2, 0) is 6.18 Å². The third-order valence-corrected chi connectivity index (χ3v) is 4.49. The Balaban J connectivity index is 1.86. The van der Waals surface area contributed by atoms with E-state index in [2.05, 4.69) is 20.4 Å². The normalized spacial score (nSPS) is 15.7. The van der Waals surface area contributed by atoms with Gasteiger partial charge in [-0.2, -0.15) is 18.3 Å². The average Bonchev–Trinajstić information content (AvgIpc) is 3.06. The summed E-state index contributed by atoms with van der Waals surface area (Å²) in [5, 5.41) is 11.6. The van der Waals surface area contributed by atoms with Crippen molar-refractivity contribution in [3.8, 4) is 11.1 Å². The Labute approximate surface area is 142 Å². The number of hydrogen-bond acceptors (Lipinski definition) is 3. The molecule has 0 aliphatic carbocycles. The van der Waals surface area contributed by atoms with Crippen LogP contribution >= 0.6 is 0 Å². The maximum atomic E-state index is 13.1. The van der Waals surface area contributed by atoms with Gasteiger partial charge < -0.3 is 10.2 Å². The molecule has 2 aromatic carbocycles. The lowest BCUT2D eigenvalue weighted by atomic mass is 9.99. The molecule has 1 aliphatic heterocycles. The van der Waals surface area contributed by atoms with Crippen molar-refractivity contribution < 1.29 is 13.2 Å². The molecule has 7 heteroatoms. The highest BCUT2D eigenvalue weighted by molar-refractivity contribution is 6.02. The zero-order chi connectivity index (χ0) is 17.4. The molecule has 0 atom stereocenters. The Kier molecular flexibility index (Phi) is 3.88. The molecule has 1 fully saturated rings. The summed E-state index contributed by atoms with van der Waals surface area (Å²) in [7, 11) is 0. The number of rotatable bonds is 2. The molecule has 0 amide bonds. The quantitative estimate of drug-likeness (QED) is 0.744. The van der Waals surface area contributed by atoms with Crippen molar-refractivity contribution in [3.63, 3.8) is 0 Å². The van der Waals surface area contributed by atoms with E-state index >= 15 is 0 Å². The van der Waals surface area contributed by atoms with Gasteiger partial charge in [0.25, 0.3) is 0 Å². The van der Waals surface area contributed by atoms with E-state index < -0.39 is 11.7 Å². The van der Waals surface area contributed by atoms with Gasteiger partial charge in [-0.15, -0.1) is 0 Å². The highest BCUT2D eigenvalue weighted by atomic mass is 19.4. The molecule has 0 radical (unpaired) electrons. The van der Waals surface area contributed by atoms with Gasteiger partial charge in [-0.25, -0.2) is 0 Å². The standard InChI is InChI=1S/C18H17F3N4/c19-18(20,21)13-4-1-3-12(11-13)14-5-2-6-15-16(14)17(24-23-15)25-9-7-22-8-10-25/h1-6,11,22H,7-10H2,(H,23,24). The molecule has 0 saturated carbocycles. The van der Waals surface area contributed by atoms with Gasteiger partial charge >= 0.3 is 6.18 Å². The van der Waals surface area contributed by atoms with Gasteiger partial charge in [-0.1, -0.05) is 24.3 Å². The van der Waals surface area contributed by atoms with Crippen molar-refractivity contribution in [2.24, 2.45) is 0 Å². The molecular weight excluding hydrogens is 329 g/mol. The molecule has 4 rings (SSSR count). The number of nitrogens with one attached hydrogen (secondary N) is 2. The van der Waals surface area contributed by atoms with E-state index in [4.69, 9.17) is 0 Å². The van der Waals surface area contributed by atoms with E-state index in [0.29, 0.717) is 5.56 Å². The fraction of sp³-hybridized carbons (Fsp3) is 0.278. The Morgan fingerprint density at radius 2 is 1.76 bits per heavy atom. The third-order valence-electron chi connectivity index (χ3n) is 4.49. The molecule has 0 unspecified atom stereocenters. The van der Waals surface area contributed by atoms with Crippen LogP contribution in [0, 0.1) is 0 Å².